The van der Waals surface area contributed by atoms with Gasteiger partial charge in [-0.05, 0) is 49.2 Å². The predicted molar refractivity (Wildman–Crippen MR) is 138 cm³/mol. The Labute approximate surface area is 217 Å². The molecule has 0 aromatic heterocycles. The first kappa shape index (κ1) is 26.5. The average Bonchev–Trinajstić information content (AvgIpc) is 3.18. The molecule has 198 valence electrons. The van der Waals surface area contributed by atoms with Crippen LogP contribution in [0.15, 0.2) is 48.0 Å². The van der Waals surface area contributed by atoms with E-state index in [0.717, 1.165) is 25.2 Å². The molecule has 1 amide bonds. The third kappa shape index (κ3) is 5.73. The topological polar surface area (TPSA) is 97.8 Å². The second-order valence-corrected chi connectivity index (χ2v) is 8.87. The molecular formula is C28H34N2O7. The minimum Gasteiger partial charge on any atom is -0.507 e. The first-order valence-electron chi connectivity index (χ1n) is 12.5. The number of hydrogen-bond donors (Lipinski definition) is 1. The van der Waals surface area contributed by atoms with Crippen molar-refractivity contribution in [2.24, 2.45) is 0 Å². The standard InChI is InChI=1S/C28H34N2O7/c1-4-37-21-9-6-19(7-10-21)25-24(26(31)20-8-11-22(34-2)23(18-20)35-3)27(32)28(33)30(25)13-5-12-29-14-16-36-17-15-29/h6-11,18,25,31H,4-5,12-17H2,1-3H3/b26-24+/t25-/m1/s1. The number of amides is 1. The highest BCUT2D eigenvalue weighted by atomic mass is 16.5. The summed E-state index contributed by atoms with van der Waals surface area (Å²) in [7, 11) is 3.01. The number of aliphatic hydroxyl groups is 1. The highest BCUT2D eigenvalue weighted by Gasteiger charge is 2.45. The van der Waals surface area contributed by atoms with E-state index in [-0.39, 0.29) is 11.3 Å². The van der Waals surface area contributed by atoms with Gasteiger partial charge in [-0.1, -0.05) is 12.1 Å². The van der Waals surface area contributed by atoms with Crippen molar-refractivity contribution in [3.05, 3.63) is 59.2 Å². The maximum Gasteiger partial charge on any atom is 0.295 e. The third-order valence-electron chi connectivity index (χ3n) is 6.68. The molecule has 0 spiro atoms. The van der Waals surface area contributed by atoms with E-state index in [2.05, 4.69) is 4.90 Å². The van der Waals surface area contributed by atoms with E-state index in [9.17, 15) is 14.7 Å². The fourth-order valence-corrected chi connectivity index (χ4v) is 4.80. The average molecular weight is 511 g/mol. The summed E-state index contributed by atoms with van der Waals surface area (Å²) in [6.45, 7) is 6.69. The van der Waals surface area contributed by atoms with E-state index < -0.39 is 17.7 Å². The van der Waals surface area contributed by atoms with Gasteiger partial charge in [-0.15, -0.1) is 0 Å². The van der Waals surface area contributed by atoms with Crippen LogP contribution < -0.4 is 14.2 Å². The van der Waals surface area contributed by atoms with Gasteiger partial charge in [0, 0.05) is 31.7 Å². The summed E-state index contributed by atoms with van der Waals surface area (Å²) in [6.07, 6.45) is 0.691. The van der Waals surface area contributed by atoms with Gasteiger partial charge in [0.2, 0.25) is 0 Å². The molecule has 2 heterocycles. The Morgan fingerprint density at radius 2 is 1.70 bits per heavy atom. The fourth-order valence-electron chi connectivity index (χ4n) is 4.80. The number of nitrogens with zero attached hydrogens (tertiary/aromatic N) is 2. The molecule has 2 aliphatic heterocycles. The van der Waals surface area contributed by atoms with Crippen molar-refractivity contribution in [1.29, 1.82) is 0 Å². The number of hydrogen-bond acceptors (Lipinski definition) is 8. The van der Waals surface area contributed by atoms with E-state index in [1.165, 1.54) is 14.2 Å². The molecule has 9 nitrogen and oxygen atoms in total. The lowest BCUT2D eigenvalue weighted by molar-refractivity contribution is -0.140. The van der Waals surface area contributed by atoms with Gasteiger partial charge in [0.05, 0.1) is 45.7 Å². The molecular weight excluding hydrogens is 476 g/mol. The lowest BCUT2D eigenvalue weighted by Gasteiger charge is -2.29. The summed E-state index contributed by atoms with van der Waals surface area (Å²) < 4.78 is 21.6. The van der Waals surface area contributed by atoms with Gasteiger partial charge in [-0.2, -0.15) is 0 Å². The Bertz CT molecular complexity index is 1140. The number of benzene rings is 2. The highest BCUT2D eigenvalue weighted by Crippen LogP contribution is 2.41. The van der Waals surface area contributed by atoms with Crippen LogP contribution in [0.2, 0.25) is 0 Å². The number of aliphatic hydroxyl groups excluding tert-OH is 1. The Balaban J connectivity index is 1.70. The molecule has 2 saturated heterocycles. The zero-order chi connectivity index (χ0) is 26.4. The molecule has 2 aliphatic rings. The van der Waals surface area contributed by atoms with E-state index in [1.54, 1.807) is 23.1 Å². The monoisotopic (exact) mass is 510 g/mol. The summed E-state index contributed by atoms with van der Waals surface area (Å²) in [5, 5.41) is 11.3. The van der Waals surface area contributed by atoms with Gasteiger partial charge in [-0.25, -0.2) is 0 Å². The summed E-state index contributed by atoms with van der Waals surface area (Å²) in [5.74, 6) is -0.000656. The summed E-state index contributed by atoms with van der Waals surface area (Å²) in [5.41, 5.74) is 1.13. The number of methoxy groups -OCH3 is 2. The highest BCUT2D eigenvalue weighted by molar-refractivity contribution is 6.46. The van der Waals surface area contributed by atoms with E-state index in [1.807, 2.05) is 31.2 Å². The minimum atomic E-state index is -0.728. The van der Waals surface area contributed by atoms with Crippen molar-refractivity contribution < 1.29 is 33.6 Å². The fraction of sp³-hybridized carbons (Fsp3) is 0.429. The normalized spacial score (nSPS) is 19.8. The summed E-state index contributed by atoms with van der Waals surface area (Å²) in [4.78, 5) is 30.4. The van der Waals surface area contributed by atoms with Crippen LogP contribution in [0.25, 0.3) is 5.76 Å². The molecule has 2 aromatic carbocycles. The van der Waals surface area contributed by atoms with Crippen molar-refractivity contribution in [2.75, 3.05) is 60.2 Å². The van der Waals surface area contributed by atoms with E-state index >= 15 is 0 Å². The van der Waals surface area contributed by atoms with E-state index in [4.69, 9.17) is 18.9 Å². The zero-order valence-electron chi connectivity index (χ0n) is 21.6. The number of ether oxygens (including phenoxy) is 4. The molecule has 37 heavy (non-hydrogen) atoms. The number of rotatable bonds is 10. The maximum absolute atomic E-state index is 13.3. The largest absolute Gasteiger partial charge is 0.507 e. The number of likely N-dealkylation sites (tertiary alicyclic amines) is 1. The Hall–Kier alpha value is -3.56. The first-order valence-corrected chi connectivity index (χ1v) is 12.5. The second kappa shape index (κ2) is 12.1. The minimum absolute atomic E-state index is 0.0488. The van der Waals surface area contributed by atoms with Crippen LogP contribution >= 0.6 is 0 Å². The first-order chi connectivity index (χ1) is 18.0. The molecule has 0 unspecified atom stereocenters. The third-order valence-corrected chi connectivity index (χ3v) is 6.68. The van der Waals surface area contributed by atoms with Crippen molar-refractivity contribution >= 4 is 17.4 Å². The van der Waals surface area contributed by atoms with Gasteiger partial charge in [0.25, 0.3) is 11.7 Å². The lowest BCUT2D eigenvalue weighted by atomic mass is 9.95. The Kier molecular flexibility index (Phi) is 8.68. The summed E-state index contributed by atoms with van der Waals surface area (Å²) in [6, 6.07) is 11.4. The number of ketones is 1. The number of carbonyl (C=O) groups is 2. The van der Waals surface area contributed by atoms with Gasteiger partial charge >= 0.3 is 0 Å². The molecule has 4 rings (SSSR count). The molecule has 0 bridgehead atoms. The molecule has 0 radical (unpaired) electrons. The second-order valence-electron chi connectivity index (χ2n) is 8.87. The van der Waals surface area contributed by atoms with Gasteiger partial charge in [0.1, 0.15) is 11.5 Å². The summed E-state index contributed by atoms with van der Waals surface area (Å²) >= 11 is 0. The zero-order valence-corrected chi connectivity index (χ0v) is 21.6. The maximum atomic E-state index is 13.3. The van der Waals surface area contributed by atoms with Crippen molar-refractivity contribution in [3.63, 3.8) is 0 Å². The van der Waals surface area contributed by atoms with Crippen molar-refractivity contribution in [3.8, 4) is 17.2 Å². The Morgan fingerprint density at radius 1 is 1.00 bits per heavy atom. The van der Waals surface area contributed by atoms with Crippen LogP contribution in [-0.2, 0) is 14.3 Å². The van der Waals surface area contributed by atoms with Crippen LogP contribution in [0.5, 0.6) is 17.2 Å². The predicted octanol–water partition coefficient (Wildman–Crippen LogP) is 3.25. The van der Waals surface area contributed by atoms with Crippen LogP contribution in [-0.4, -0.2) is 86.8 Å². The van der Waals surface area contributed by atoms with Gasteiger partial charge in [0.15, 0.2) is 11.5 Å². The smallest absolute Gasteiger partial charge is 0.295 e. The molecule has 9 heteroatoms. The molecule has 0 aliphatic carbocycles. The molecule has 1 N–H and O–H groups in total. The van der Waals surface area contributed by atoms with Crippen LogP contribution in [0.1, 0.15) is 30.5 Å². The van der Waals surface area contributed by atoms with Gasteiger partial charge in [-0.3, -0.25) is 14.5 Å². The molecule has 2 fully saturated rings. The van der Waals surface area contributed by atoms with E-state index in [0.29, 0.717) is 55.6 Å². The van der Waals surface area contributed by atoms with Crippen LogP contribution in [0.3, 0.4) is 0 Å². The Morgan fingerprint density at radius 3 is 2.35 bits per heavy atom. The molecule has 2 aromatic rings. The lowest BCUT2D eigenvalue weighted by Crippen LogP contribution is -2.38. The van der Waals surface area contributed by atoms with Crippen LogP contribution in [0, 0.1) is 0 Å². The van der Waals surface area contributed by atoms with Gasteiger partial charge < -0.3 is 29.0 Å². The number of carbonyl (C=O) groups excluding carboxylic acids is 2. The van der Waals surface area contributed by atoms with Crippen molar-refractivity contribution in [2.45, 2.75) is 19.4 Å². The number of Topliss-reactive ketones (excluding diaryl/α,β-unsaturated/α-hetero) is 1. The molecule has 0 saturated carbocycles. The number of morpholine rings is 1. The van der Waals surface area contributed by atoms with Crippen molar-refractivity contribution in [1.82, 2.24) is 9.80 Å². The molecule has 1 atom stereocenters. The van der Waals surface area contributed by atoms with Crippen LogP contribution in [0.4, 0.5) is 0 Å². The quantitative estimate of drug-likeness (QED) is 0.296. The SMILES string of the molecule is CCOc1ccc([C@@H]2/C(=C(\O)c3ccc(OC)c(OC)c3)C(=O)C(=O)N2CCCN2CCOCC2)cc1.